The van der Waals surface area contributed by atoms with Crippen molar-refractivity contribution >= 4 is 5.97 Å². The van der Waals surface area contributed by atoms with Crippen molar-refractivity contribution in [1.29, 1.82) is 0 Å². The predicted octanol–water partition coefficient (Wildman–Crippen LogP) is 6.01. The van der Waals surface area contributed by atoms with Crippen LogP contribution in [0.25, 0.3) is 11.1 Å². The first kappa shape index (κ1) is 21.1. The molecule has 4 rings (SSSR count). The van der Waals surface area contributed by atoms with E-state index >= 15 is 0 Å². The van der Waals surface area contributed by atoms with Gasteiger partial charge in [-0.15, -0.1) is 0 Å². The van der Waals surface area contributed by atoms with Crippen LogP contribution in [0.1, 0.15) is 35.6 Å². The summed E-state index contributed by atoms with van der Waals surface area (Å²) in [6, 6.07) is 21.6. The molecule has 1 aliphatic heterocycles. The van der Waals surface area contributed by atoms with E-state index in [1.165, 1.54) is 12.1 Å². The van der Waals surface area contributed by atoms with Gasteiger partial charge in [0.25, 0.3) is 0 Å². The van der Waals surface area contributed by atoms with Gasteiger partial charge in [-0.05, 0) is 47.2 Å². The highest BCUT2D eigenvalue weighted by atomic mass is 19.4. The molecule has 0 aromatic heterocycles. The van der Waals surface area contributed by atoms with Crippen molar-refractivity contribution in [1.82, 2.24) is 4.90 Å². The van der Waals surface area contributed by atoms with Gasteiger partial charge >= 0.3 is 12.1 Å². The molecule has 1 N–H and O–H groups in total. The second-order valence-electron chi connectivity index (χ2n) is 7.74. The lowest BCUT2D eigenvalue weighted by Crippen LogP contribution is -2.39. The fraction of sp³-hybridized carbons (Fsp3) is 0.240. The number of carboxylic acids is 1. The van der Waals surface area contributed by atoms with Gasteiger partial charge in [0.05, 0.1) is 11.6 Å². The zero-order chi connectivity index (χ0) is 22.0. The normalized spacial score (nSPS) is 18.1. The van der Waals surface area contributed by atoms with Crippen LogP contribution < -0.4 is 0 Å². The quantitative estimate of drug-likeness (QED) is 0.544. The van der Waals surface area contributed by atoms with Crippen molar-refractivity contribution in [3.05, 3.63) is 95.6 Å². The van der Waals surface area contributed by atoms with E-state index in [9.17, 15) is 23.1 Å². The lowest BCUT2D eigenvalue weighted by atomic mass is 9.93. The van der Waals surface area contributed by atoms with Crippen LogP contribution >= 0.6 is 0 Å². The Bertz CT molecular complexity index is 1030. The zero-order valence-electron chi connectivity index (χ0n) is 16.7. The topological polar surface area (TPSA) is 40.5 Å². The molecule has 1 heterocycles. The first-order valence-corrected chi connectivity index (χ1v) is 10.2. The Morgan fingerprint density at radius 1 is 0.871 bits per heavy atom. The Labute approximate surface area is 178 Å². The predicted molar refractivity (Wildman–Crippen MR) is 113 cm³/mol. The summed E-state index contributed by atoms with van der Waals surface area (Å²) in [5, 5.41) is 9.68. The van der Waals surface area contributed by atoms with Gasteiger partial charge in [0.1, 0.15) is 6.04 Å². The first-order valence-electron chi connectivity index (χ1n) is 10.2. The van der Waals surface area contributed by atoms with Crippen LogP contribution in [0.5, 0.6) is 0 Å². The van der Waals surface area contributed by atoms with E-state index in [1.807, 2.05) is 59.5 Å². The Hall–Kier alpha value is -3.12. The number of hydrogen-bond acceptors (Lipinski definition) is 2. The molecule has 160 valence electrons. The van der Waals surface area contributed by atoms with Gasteiger partial charge in [-0.1, -0.05) is 66.7 Å². The van der Waals surface area contributed by atoms with Crippen LogP contribution in [-0.2, 0) is 11.0 Å². The monoisotopic (exact) mass is 425 g/mol. The molecule has 3 aromatic carbocycles. The van der Waals surface area contributed by atoms with Gasteiger partial charge in [0.15, 0.2) is 0 Å². The Morgan fingerprint density at radius 3 is 1.97 bits per heavy atom. The SMILES string of the molecule is O=C(O)C1CCCN1C(c1ccc(-c2ccccc2)cc1)c1ccc(C(F)(F)F)cc1. The molecule has 0 spiro atoms. The summed E-state index contributed by atoms with van der Waals surface area (Å²) in [5.41, 5.74) is 2.86. The molecule has 0 aliphatic carbocycles. The van der Waals surface area contributed by atoms with Crippen molar-refractivity contribution in [2.45, 2.75) is 31.1 Å². The molecule has 1 saturated heterocycles. The van der Waals surface area contributed by atoms with Gasteiger partial charge in [-0.25, -0.2) is 0 Å². The number of benzene rings is 3. The van der Waals surface area contributed by atoms with E-state index in [-0.39, 0.29) is 0 Å². The molecule has 6 heteroatoms. The van der Waals surface area contributed by atoms with Crippen LogP contribution in [0.4, 0.5) is 13.2 Å². The molecule has 1 fully saturated rings. The molecule has 2 unspecified atom stereocenters. The van der Waals surface area contributed by atoms with E-state index in [2.05, 4.69) is 0 Å². The summed E-state index contributed by atoms with van der Waals surface area (Å²) in [5.74, 6) is -0.907. The van der Waals surface area contributed by atoms with Gasteiger partial charge in [0, 0.05) is 6.54 Å². The Morgan fingerprint density at radius 2 is 1.42 bits per heavy atom. The fourth-order valence-corrected chi connectivity index (χ4v) is 4.28. The highest BCUT2D eigenvalue weighted by Gasteiger charge is 2.37. The van der Waals surface area contributed by atoms with E-state index in [4.69, 9.17) is 0 Å². The second kappa shape index (κ2) is 8.55. The van der Waals surface area contributed by atoms with Crippen LogP contribution in [-0.4, -0.2) is 28.6 Å². The minimum atomic E-state index is -4.41. The number of likely N-dealkylation sites (tertiary alicyclic amines) is 1. The summed E-state index contributed by atoms with van der Waals surface area (Å²) in [6.45, 7) is 0.573. The average molecular weight is 425 g/mol. The van der Waals surface area contributed by atoms with Crippen molar-refractivity contribution in [3.63, 3.8) is 0 Å². The van der Waals surface area contributed by atoms with Crippen LogP contribution in [0, 0.1) is 0 Å². The van der Waals surface area contributed by atoms with Crippen LogP contribution in [0.2, 0.25) is 0 Å². The minimum Gasteiger partial charge on any atom is -0.480 e. The minimum absolute atomic E-state index is 0.435. The first-order chi connectivity index (χ1) is 14.8. The number of alkyl halides is 3. The number of hydrogen-bond donors (Lipinski definition) is 1. The lowest BCUT2D eigenvalue weighted by Gasteiger charge is -2.32. The molecule has 2 atom stereocenters. The number of carbonyl (C=O) groups is 1. The summed E-state index contributed by atoms with van der Waals surface area (Å²) in [7, 11) is 0. The van der Waals surface area contributed by atoms with Crippen molar-refractivity contribution in [2.24, 2.45) is 0 Å². The smallest absolute Gasteiger partial charge is 0.416 e. The molecular formula is C25H22F3NO2. The van der Waals surface area contributed by atoms with Gasteiger partial charge in [-0.3, -0.25) is 9.69 Å². The van der Waals surface area contributed by atoms with Crippen molar-refractivity contribution in [3.8, 4) is 11.1 Å². The third-order valence-corrected chi connectivity index (χ3v) is 5.80. The number of halogens is 3. The number of carboxylic acid groups (broad SMARTS) is 1. The van der Waals surface area contributed by atoms with E-state index < -0.39 is 29.8 Å². The molecule has 1 aliphatic rings. The lowest BCUT2D eigenvalue weighted by molar-refractivity contribution is -0.142. The van der Waals surface area contributed by atoms with Crippen LogP contribution in [0.3, 0.4) is 0 Å². The van der Waals surface area contributed by atoms with Crippen molar-refractivity contribution in [2.75, 3.05) is 6.54 Å². The standard InChI is InChI=1S/C25H22F3NO2/c26-25(27,28)21-14-12-20(13-15-21)23(29-16-4-7-22(29)24(30)31)19-10-8-18(9-11-19)17-5-2-1-3-6-17/h1-3,5-6,8-15,22-23H,4,7,16H2,(H,30,31). The molecule has 0 bridgehead atoms. The molecule has 0 saturated carbocycles. The maximum Gasteiger partial charge on any atom is 0.416 e. The number of nitrogens with zero attached hydrogens (tertiary/aromatic N) is 1. The molecule has 0 radical (unpaired) electrons. The zero-order valence-corrected chi connectivity index (χ0v) is 16.7. The van der Waals surface area contributed by atoms with Crippen LogP contribution in [0.15, 0.2) is 78.9 Å². The second-order valence-corrected chi connectivity index (χ2v) is 7.74. The maximum atomic E-state index is 13.0. The molecule has 3 nitrogen and oxygen atoms in total. The highest BCUT2D eigenvalue weighted by Crippen LogP contribution is 2.37. The number of rotatable bonds is 5. The molecule has 0 amide bonds. The van der Waals surface area contributed by atoms with Crippen molar-refractivity contribution < 1.29 is 23.1 Å². The molecule has 31 heavy (non-hydrogen) atoms. The van der Waals surface area contributed by atoms with Gasteiger partial charge in [0.2, 0.25) is 0 Å². The fourth-order valence-electron chi connectivity index (χ4n) is 4.28. The maximum absolute atomic E-state index is 13.0. The number of aliphatic carboxylic acids is 1. The summed E-state index contributed by atoms with van der Waals surface area (Å²) < 4.78 is 39.1. The Kier molecular flexibility index (Phi) is 5.83. The third kappa shape index (κ3) is 4.49. The molecular weight excluding hydrogens is 403 g/mol. The summed E-state index contributed by atoms with van der Waals surface area (Å²) in [6.07, 6.45) is -3.16. The summed E-state index contributed by atoms with van der Waals surface area (Å²) >= 11 is 0. The highest BCUT2D eigenvalue weighted by molar-refractivity contribution is 5.74. The van der Waals surface area contributed by atoms with E-state index in [0.717, 1.165) is 35.2 Å². The van der Waals surface area contributed by atoms with Gasteiger partial charge < -0.3 is 5.11 Å². The largest absolute Gasteiger partial charge is 0.480 e. The van der Waals surface area contributed by atoms with E-state index in [0.29, 0.717) is 18.5 Å². The Balaban J connectivity index is 1.73. The average Bonchev–Trinajstić information content (AvgIpc) is 3.25. The molecule has 3 aromatic rings. The third-order valence-electron chi connectivity index (χ3n) is 5.80. The summed E-state index contributed by atoms with van der Waals surface area (Å²) in [4.78, 5) is 13.7. The van der Waals surface area contributed by atoms with Gasteiger partial charge in [-0.2, -0.15) is 13.2 Å². The van der Waals surface area contributed by atoms with E-state index in [1.54, 1.807) is 0 Å².